The number of nitrogens with one attached hydrogen (secondary N) is 2. The largest absolute Gasteiger partial charge is 0.508 e. The van der Waals surface area contributed by atoms with Gasteiger partial charge in [0, 0.05) is 25.2 Å². The Morgan fingerprint density at radius 3 is 2.33 bits per heavy atom. The van der Waals surface area contributed by atoms with Gasteiger partial charge in [-0.05, 0) is 36.7 Å². The Morgan fingerprint density at radius 2 is 1.57 bits per heavy atom. The van der Waals surface area contributed by atoms with Crippen molar-refractivity contribution in [1.82, 2.24) is 10.6 Å². The monoisotopic (exact) mass is 288 g/mol. The van der Waals surface area contributed by atoms with Crippen molar-refractivity contribution in [3.05, 3.63) is 65.5 Å². The summed E-state index contributed by atoms with van der Waals surface area (Å²) in [5.41, 5.74) is 1.89. The zero-order valence-corrected chi connectivity index (χ0v) is 12.0. The maximum Gasteiger partial charge on any atom is 0.127 e. The van der Waals surface area contributed by atoms with Gasteiger partial charge >= 0.3 is 0 Å². The summed E-state index contributed by atoms with van der Waals surface area (Å²) in [5, 5.41) is 15.7. The highest BCUT2D eigenvalue weighted by Gasteiger charge is 1.99. The van der Waals surface area contributed by atoms with E-state index in [1.165, 1.54) is 11.6 Å². The summed E-state index contributed by atoms with van der Waals surface area (Å²) in [6.07, 6.45) is 0.924. The van der Waals surface area contributed by atoms with Crippen molar-refractivity contribution in [3.8, 4) is 5.75 Å². The lowest BCUT2D eigenvalue weighted by Gasteiger charge is -2.07. The number of rotatable bonds is 8. The average molecular weight is 288 g/mol. The average Bonchev–Trinajstić information content (AvgIpc) is 2.50. The molecule has 2 rings (SSSR count). The van der Waals surface area contributed by atoms with E-state index in [-0.39, 0.29) is 5.82 Å². The molecule has 0 saturated carbocycles. The summed E-state index contributed by atoms with van der Waals surface area (Å²) in [7, 11) is 0. The predicted octanol–water partition coefficient (Wildman–Crippen LogP) is 2.45. The molecule has 2 aromatic rings. The number of benzene rings is 2. The van der Waals surface area contributed by atoms with Gasteiger partial charge in [-0.2, -0.15) is 0 Å². The van der Waals surface area contributed by atoms with Crippen LogP contribution in [0.5, 0.6) is 5.75 Å². The quantitative estimate of drug-likeness (QED) is 0.654. The van der Waals surface area contributed by atoms with Gasteiger partial charge in [-0.15, -0.1) is 0 Å². The third-order valence-corrected chi connectivity index (χ3v) is 3.28. The van der Waals surface area contributed by atoms with Gasteiger partial charge in [-0.1, -0.05) is 30.3 Å². The molecule has 0 aliphatic carbocycles. The molecule has 3 nitrogen and oxygen atoms in total. The van der Waals surface area contributed by atoms with Gasteiger partial charge in [0.25, 0.3) is 0 Å². The summed E-state index contributed by atoms with van der Waals surface area (Å²) in [5.74, 6) is 0.134. The van der Waals surface area contributed by atoms with Crippen molar-refractivity contribution in [1.29, 1.82) is 0 Å². The van der Waals surface area contributed by atoms with E-state index < -0.39 is 0 Å². The van der Waals surface area contributed by atoms with Crippen LogP contribution in [0, 0.1) is 5.82 Å². The molecule has 0 aliphatic heterocycles. The molecule has 0 fully saturated rings. The van der Waals surface area contributed by atoms with Crippen LogP contribution in [0.15, 0.2) is 48.5 Å². The third-order valence-electron chi connectivity index (χ3n) is 3.28. The fourth-order valence-electron chi connectivity index (χ4n) is 2.06. The molecule has 0 aliphatic rings. The molecule has 0 aromatic heterocycles. The molecular weight excluding hydrogens is 267 g/mol. The second-order valence-corrected chi connectivity index (χ2v) is 4.93. The van der Waals surface area contributed by atoms with Crippen LogP contribution in [0.25, 0.3) is 0 Å². The first kappa shape index (κ1) is 15.5. The maximum atomic E-state index is 13.4. The molecule has 4 heteroatoms. The van der Waals surface area contributed by atoms with Gasteiger partial charge in [0.1, 0.15) is 11.6 Å². The van der Waals surface area contributed by atoms with Crippen LogP contribution >= 0.6 is 0 Å². The van der Waals surface area contributed by atoms with E-state index in [0.29, 0.717) is 17.9 Å². The molecule has 112 valence electrons. The summed E-state index contributed by atoms with van der Waals surface area (Å²) >= 11 is 0. The number of halogens is 1. The van der Waals surface area contributed by atoms with Crippen LogP contribution in [0.2, 0.25) is 0 Å². The van der Waals surface area contributed by atoms with Crippen LogP contribution in [0.1, 0.15) is 11.1 Å². The lowest BCUT2D eigenvalue weighted by Crippen LogP contribution is -2.28. The second kappa shape index (κ2) is 8.39. The number of phenols is 1. The molecule has 0 atom stereocenters. The van der Waals surface area contributed by atoms with Gasteiger partial charge in [-0.3, -0.25) is 0 Å². The lowest BCUT2D eigenvalue weighted by molar-refractivity contribution is 0.475. The maximum absolute atomic E-state index is 13.4. The Kier molecular flexibility index (Phi) is 6.19. The van der Waals surface area contributed by atoms with E-state index in [0.717, 1.165) is 26.1 Å². The van der Waals surface area contributed by atoms with Gasteiger partial charge in [0.2, 0.25) is 0 Å². The van der Waals surface area contributed by atoms with Crippen molar-refractivity contribution >= 4 is 0 Å². The smallest absolute Gasteiger partial charge is 0.127 e. The first-order chi connectivity index (χ1) is 10.3. The zero-order valence-electron chi connectivity index (χ0n) is 12.0. The minimum atomic E-state index is -0.162. The zero-order chi connectivity index (χ0) is 14.9. The topological polar surface area (TPSA) is 44.3 Å². The Bertz CT molecular complexity index is 543. The Hall–Kier alpha value is -1.91. The Balaban J connectivity index is 1.54. The number of aromatic hydroxyl groups is 1. The van der Waals surface area contributed by atoms with Gasteiger partial charge in [0.05, 0.1) is 0 Å². The summed E-state index contributed by atoms with van der Waals surface area (Å²) in [6.45, 7) is 3.06. The van der Waals surface area contributed by atoms with Crippen molar-refractivity contribution < 1.29 is 9.50 Å². The molecule has 0 amide bonds. The first-order valence-corrected chi connectivity index (χ1v) is 7.18. The van der Waals surface area contributed by atoms with E-state index in [2.05, 4.69) is 10.6 Å². The second-order valence-electron chi connectivity index (χ2n) is 4.93. The van der Waals surface area contributed by atoms with Crippen LogP contribution in [-0.2, 0) is 13.0 Å². The van der Waals surface area contributed by atoms with Crippen LogP contribution in [-0.4, -0.2) is 24.7 Å². The highest BCUT2D eigenvalue weighted by molar-refractivity contribution is 5.26. The molecule has 0 spiro atoms. The Labute approximate surface area is 124 Å². The molecule has 0 radical (unpaired) electrons. The van der Waals surface area contributed by atoms with Crippen molar-refractivity contribution in [2.24, 2.45) is 0 Å². The number of phenolic OH excluding ortho intramolecular Hbond substituents is 1. The van der Waals surface area contributed by atoms with Crippen molar-refractivity contribution in [2.45, 2.75) is 13.0 Å². The molecule has 0 saturated heterocycles. The van der Waals surface area contributed by atoms with Crippen molar-refractivity contribution in [3.63, 3.8) is 0 Å². The summed E-state index contributed by atoms with van der Waals surface area (Å²) in [6, 6.07) is 14.1. The SMILES string of the molecule is Oc1ccc(CCNCCNCc2ccccc2F)cc1. The third kappa shape index (κ3) is 5.53. The standard InChI is InChI=1S/C17H21FN2O/c18-17-4-2-1-3-15(17)13-20-12-11-19-10-9-14-5-7-16(21)8-6-14/h1-8,19-21H,9-13H2. The number of hydrogen-bond acceptors (Lipinski definition) is 3. The molecule has 3 N–H and O–H groups in total. The molecule has 0 heterocycles. The molecular formula is C17H21FN2O. The van der Waals surface area contributed by atoms with Gasteiger partial charge < -0.3 is 15.7 Å². The highest BCUT2D eigenvalue weighted by atomic mass is 19.1. The molecule has 0 bridgehead atoms. The van der Waals surface area contributed by atoms with Crippen LogP contribution < -0.4 is 10.6 Å². The molecule has 2 aromatic carbocycles. The van der Waals surface area contributed by atoms with Crippen LogP contribution in [0.3, 0.4) is 0 Å². The minimum Gasteiger partial charge on any atom is -0.508 e. The van der Waals surface area contributed by atoms with Gasteiger partial charge in [-0.25, -0.2) is 4.39 Å². The fraction of sp³-hybridized carbons (Fsp3) is 0.294. The van der Waals surface area contributed by atoms with Crippen LogP contribution in [0.4, 0.5) is 4.39 Å². The normalized spacial score (nSPS) is 10.7. The fourth-order valence-corrected chi connectivity index (χ4v) is 2.06. The number of hydrogen-bond donors (Lipinski definition) is 3. The molecule has 21 heavy (non-hydrogen) atoms. The summed E-state index contributed by atoms with van der Waals surface area (Å²) in [4.78, 5) is 0. The van der Waals surface area contributed by atoms with Crippen molar-refractivity contribution in [2.75, 3.05) is 19.6 Å². The van der Waals surface area contributed by atoms with E-state index in [9.17, 15) is 9.50 Å². The van der Waals surface area contributed by atoms with E-state index in [1.54, 1.807) is 24.3 Å². The predicted molar refractivity (Wildman–Crippen MR) is 82.8 cm³/mol. The highest BCUT2D eigenvalue weighted by Crippen LogP contribution is 2.09. The molecule has 0 unspecified atom stereocenters. The lowest BCUT2D eigenvalue weighted by atomic mass is 10.1. The summed E-state index contributed by atoms with van der Waals surface area (Å²) < 4.78 is 13.4. The van der Waals surface area contributed by atoms with E-state index in [4.69, 9.17) is 0 Å². The van der Waals surface area contributed by atoms with E-state index in [1.807, 2.05) is 18.2 Å². The first-order valence-electron chi connectivity index (χ1n) is 7.18. The minimum absolute atomic E-state index is 0.162. The Morgan fingerprint density at radius 1 is 0.857 bits per heavy atom. The van der Waals surface area contributed by atoms with E-state index >= 15 is 0 Å². The van der Waals surface area contributed by atoms with Gasteiger partial charge in [0.15, 0.2) is 0 Å².